The summed E-state index contributed by atoms with van der Waals surface area (Å²) < 4.78 is 53.7. The van der Waals surface area contributed by atoms with Crippen LogP contribution in [-0.2, 0) is 17.5 Å². The van der Waals surface area contributed by atoms with Crippen LogP contribution in [0.25, 0.3) is 11.1 Å². The fraction of sp³-hybridized carbons (Fsp3) is 0.345. The number of nitrogens with one attached hydrogen (secondary N) is 1. The fourth-order valence-electron chi connectivity index (χ4n) is 4.82. The Balaban J connectivity index is 1.26. The van der Waals surface area contributed by atoms with E-state index in [0.717, 1.165) is 36.3 Å². The number of rotatable bonds is 8. The molecule has 2 atom stereocenters. The fourth-order valence-corrected chi connectivity index (χ4v) is 4.82. The van der Waals surface area contributed by atoms with Gasteiger partial charge in [-0.2, -0.15) is 13.2 Å². The van der Waals surface area contributed by atoms with Gasteiger partial charge in [-0.25, -0.2) is 4.39 Å². The molecule has 2 unspecified atom stereocenters. The molecule has 37 heavy (non-hydrogen) atoms. The average Bonchev–Trinajstić information content (AvgIpc) is 3.22. The van der Waals surface area contributed by atoms with Gasteiger partial charge in [-0.05, 0) is 35.7 Å². The normalized spacial score (nSPS) is 21.4. The number of halogens is 4. The lowest BCUT2D eigenvalue weighted by Crippen LogP contribution is -2.61. The third-order valence-electron chi connectivity index (χ3n) is 6.72. The van der Waals surface area contributed by atoms with Gasteiger partial charge >= 0.3 is 6.18 Å². The lowest BCUT2D eigenvalue weighted by atomic mass is 10.0. The van der Waals surface area contributed by atoms with Crippen LogP contribution in [0.4, 0.5) is 17.6 Å². The number of hydrogen-bond acceptors (Lipinski definition) is 3. The first-order chi connectivity index (χ1) is 17.7. The van der Waals surface area contributed by atoms with Gasteiger partial charge in [-0.15, -0.1) is 0 Å². The predicted octanol–water partition coefficient (Wildman–Crippen LogP) is 5.38. The van der Waals surface area contributed by atoms with E-state index in [0.29, 0.717) is 24.2 Å². The number of hydrogen-bond donors (Lipinski definition) is 1. The quantitative estimate of drug-likeness (QED) is 0.292. The van der Waals surface area contributed by atoms with Gasteiger partial charge in [0, 0.05) is 37.8 Å². The minimum Gasteiger partial charge on any atom is -0.334 e. The van der Waals surface area contributed by atoms with Gasteiger partial charge in [0.25, 0.3) is 5.91 Å². The van der Waals surface area contributed by atoms with E-state index in [1.807, 2.05) is 31.2 Å². The molecule has 0 saturated carbocycles. The molecular weight excluding hydrogens is 482 g/mol. The van der Waals surface area contributed by atoms with E-state index < -0.39 is 24.0 Å². The lowest BCUT2D eigenvalue weighted by Gasteiger charge is -2.41. The molecule has 0 bridgehead atoms. The van der Waals surface area contributed by atoms with Crippen LogP contribution in [0.15, 0.2) is 85.0 Å². The Morgan fingerprint density at radius 2 is 1.81 bits per heavy atom. The third kappa shape index (κ3) is 6.56. The van der Waals surface area contributed by atoms with Crippen molar-refractivity contribution >= 4 is 5.91 Å². The zero-order valence-electron chi connectivity index (χ0n) is 20.7. The van der Waals surface area contributed by atoms with Gasteiger partial charge in [0.15, 0.2) is 0 Å². The molecule has 2 aliphatic rings. The van der Waals surface area contributed by atoms with Gasteiger partial charge in [0.05, 0.1) is 18.2 Å². The summed E-state index contributed by atoms with van der Waals surface area (Å²) in [7, 11) is 0. The maximum atomic E-state index is 14.7. The van der Waals surface area contributed by atoms with Crippen molar-refractivity contribution < 1.29 is 22.4 Å². The Hall–Kier alpha value is -3.23. The second-order valence-electron chi connectivity index (χ2n) is 9.52. The summed E-state index contributed by atoms with van der Waals surface area (Å²) in [6, 6.07) is 12.6. The molecule has 2 heterocycles. The van der Waals surface area contributed by atoms with Crippen molar-refractivity contribution in [2.24, 2.45) is 0 Å². The highest BCUT2D eigenvalue weighted by molar-refractivity contribution is 5.96. The van der Waals surface area contributed by atoms with Crippen molar-refractivity contribution in [2.75, 3.05) is 26.2 Å². The molecule has 1 N–H and O–H groups in total. The summed E-state index contributed by atoms with van der Waals surface area (Å²) in [6.07, 6.45) is 1.16. The molecule has 2 aliphatic heterocycles. The monoisotopic (exact) mass is 513 g/mol. The molecule has 4 nitrogen and oxygen atoms in total. The Labute approximate surface area is 215 Å². The van der Waals surface area contributed by atoms with E-state index in [4.69, 9.17) is 0 Å². The van der Waals surface area contributed by atoms with Gasteiger partial charge in [0.1, 0.15) is 6.17 Å². The summed E-state index contributed by atoms with van der Waals surface area (Å²) in [6.45, 7) is 8.06. The van der Waals surface area contributed by atoms with Gasteiger partial charge in [-0.3, -0.25) is 9.69 Å². The van der Waals surface area contributed by atoms with E-state index in [1.54, 1.807) is 35.3 Å². The van der Waals surface area contributed by atoms with E-state index in [2.05, 4.69) is 16.8 Å². The highest BCUT2D eigenvalue weighted by Crippen LogP contribution is 2.32. The molecule has 0 spiro atoms. The number of benzene rings is 2. The molecule has 8 heteroatoms. The minimum atomic E-state index is -4.37. The van der Waals surface area contributed by atoms with E-state index in [1.165, 1.54) is 6.07 Å². The molecule has 4 rings (SSSR count). The van der Waals surface area contributed by atoms with E-state index in [9.17, 15) is 22.4 Å². The van der Waals surface area contributed by atoms with Crippen LogP contribution in [0.3, 0.4) is 0 Å². The van der Waals surface area contributed by atoms with Crippen molar-refractivity contribution in [3.8, 4) is 11.1 Å². The molecule has 2 aromatic rings. The molecule has 2 fully saturated rings. The van der Waals surface area contributed by atoms with Crippen molar-refractivity contribution in [2.45, 2.75) is 37.9 Å². The summed E-state index contributed by atoms with van der Waals surface area (Å²) in [4.78, 5) is 16.5. The van der Waals surface area contributed by atoms with Crippen molar-refractivity contribution in [3.05, 3.63) is 96.1 Å². The SMILES string of the molecule is C=C/C=C(\C=C/C)C(=O)N1CC(F)C(NC2CN(Cc3ccc(-c4cccc(C(F)(F)F)c4)cc3)C2)C1. The standard InChI is InChI=1S/C29H31F4N3O/c1-3-6-22(7-4-2)28(37)36-18-26(30)27(19-36)34-25-16-35(17-25)15-20-10-12-21(13-11-20)23-8-5-9-24(14-23)29(31,32)33/h3-14,25-27,34H,1,15-19H2,2H3/b7-4-,22-6+. The Morgan fingerprint density at radius 1 is 1.08 bits per heavy atom. The van der Waals surface area contributed by atoms with Crippen LogP contribution in [0, 0.1) is 0 Å². The van der Waals surface area contributed by atoms with E-state index in [-0.39, 0.29) is 18.5 Å². The van der Waals surface area contributed by atoms with Crippen LogP contribution in [-0.4, -0.2) is 60.1 Å². The van der Waals surface area contributed by atoms with Gasteiger partial charge in [-0.1, -0.05) is 67.3 Å². The third-order valence-corrected chi connectivity index (χ3v) is 6.72. The first kappa shape index (κ1) is 26.8. The lowest BCUT2D eigenvalue weighted by molar-refractivity contribution is -0.137. The Bertz CT molecular complexity index is 1170. The second-order valence-corrected chi connectivity index (χ2v) is 9.52. The highest BCUT2D eigenvalue weighted by Gasteiger charge is 2.39. The predicted molar refractivity (Wildman–Crippen MR) is 137 cm³/mol. The maximum absolute atomic E-state index is 14.7. The van der Waals surface area contributed by atoms with Crippen LogP contribution < -0.4 is 5.32 Å². The summed E-state index contributed by atoms with van der Waals surface area (Å²) >= 11 is 0. The van der Waals surface area contributed by atoms with Crippen LogP contribution in [0.5, 0.6) is 0 Å². The zero-order valence-corrected chi connectivity index (χ0v) is 20.7. The van der Waals surface area contributed by atoms with Crippen molar-refractivity contribution in [3.63, 3.8) is 0 Å². The number of alkyl halides is 4. The summed E-state index contributed by atoms with van der Waals surface area (Å²) in [5.74, 6) is -0.200. The number of allylic oxidation sites excluding steroid dienone is 3. The Morgan fingerprint density at radius 3 is 2.46 bits per heavy atom. The van der Waals surface area contributed by atoms with E-state index >= 15 is 0 Å². The molecular formula is C29H31F4N3O. The molecule has 1 amide bonds. The number of carbonyl (C=O) groups excluding carboxylic acids is 1. The number of nitrogens with zero attached hydrogens (tertiary/aromatic N) is 2. The van der Waals surface area contributed by atoms with Crippen LogP contribution >= 0.6 is 0 Å². The molecule has 0 radical (unpaired) electrons. The topological polar surface area (TPSA) is 35.6 Å². The van der Waals surface area contributed by atoms with Gasteiger partial charge in [0.2, 0.25) is 0 Å². The number of carbonyl (C=O) groups is 1. The number of amides is 1. The second kappa shape index (κ2) is 11.4. The zero-order chi connectivity index (χ0) is 26.6. The molecule has 196 valence electrons. The first-order valence-electron chi connectivity index (χ1n) is 12.3. The van der Waals surface area contributed by atoms with Gasteiger partial charge < -0.3 is 10.2 Å². The molecule has 2 saturated heterocycles. The summed E-state index contributed by atoms with van der Waals surface area (Å²) in [5.41, 5.74) is 2.13. The Kier molecular flexibility index (Phi) is 8.29. The molecule has 0 aliphatic carbocycles. The molecule has 0 aromatic heterocycles. The smallest absolute Gasteiger partial charge is 0.334 e. The first-order valence-corrected chi connectivity index (χ1v) is 12.3. The largest absolute Gasteiger partial charge is 0.416 e. The van der Waals surface area contributed by atoms with Crippen LogP contribution in [0.1, 0.15) is 18.1 Å². The highest BCUT2D eigenvalue weighted by atomic mass is 19.4. The summed E-state index contributed by atoms with van der Waals surface area (Å²) in [5, 5.41) is 3.36. The minimum absolute atomic E-state index is 0.0667. The number of likely N-dealkylation sites (tertiary alicyclic amines) is 2. The van der Waals surface area contributed by atoms with Crippen LogP contribution in [0.2, 0.25) is 0 Å². The van der Waals surface area contributed by atoms with Crippen molar-refractivity contribution in [1.29, 1.82) is 0 Å². The molecule has 2 aromatic carbocycles. The average molecular weight is 514 g/mol. The maximum Gasteiger partial charge on any atom is 0.416 e. The van der Waals surface area contributed by atoms with Crippen molar-refractivity contribution in [1.82, 2.24) is 15.1 Å².